The topological polar surface area (TPSA) is 61.4 Å². The number of carbonyl (C=O) groups is 1. The van der Waals surface area contributed by atoms with Crippen LogP contribution in [-0.2, 0) is 0 Å². The van der Waals surface area contributed by atoms with E-state index in [0.29, 0.717) is 6.42 Å². The second-order valence-corrected chi connectivity index (χ2v) is 8.16. The van der Waals surface area contributed by atoms with Gasteiger partial charge in [-0.1, -0.05) is 6.92 Å². The Morgan fingerprint density at radius 3 is 2.14 bits per heavy atom. The number of nitrogens with one attached hydrogen (secondary N) is 2. The highest BCUT2D eigenvalue weighted by molar-refractivity contribution is 5.75. The Labute approximate surface area is 128 Å². The zero-order chi connectivity index (χ0) is 15.1. The van der Waals surface area contributed by atoms with Crippen molar-refractivity contribution in [1.29, 1.82) is 0 Å². The van der Waals surface area contributed by atoms with Crippen LogP contribution >= 0.6 is 0 Å². The first kappa shape index (κ1) is 15.1. The van der Waals surface area contributed by atoms with Gasteiger partial charge in [-0.05, 0) is 76.0 Å². The average Bonchev–Trinajstić information content (AvgIpc) is 2.36. The molecule has 21 heavy (non-hydrogen) atoms. The lowest BCUT2D eigenvalue weighted by Gasteiger charge is -2.57. The lowest BCUT2D eigenvalue weighted by molar-refractivity contribution is -0.0139. The second kappa shape index (κ2) is 5.45. The van der Waals surface area contributed by atoms with Crippen LogP contribution in [0.25, 0.3) is 0 Å². The van der Waals surface area contributed by atoms with Crippen molar-refractivity contribution in [1.82, 2.24) is 10.6 Å². The van der Waals surface area contributed by atoms with Gasteiger partial charge in [0, 0.05) is 17.7 Å². The molecular weight excluding hydrogens is 264 g/mol. The van der Waals surface area contributed by atoms with Crippen molar-refractivity contribution in [2.24, 2.45) is 17.8 Å². The van der Waals surface area contributed by atoms with E-state index >= 15 is 0 Å². The molecule has 4 fully saturated rings. The van der Waals surface area contributed by atoms with Gasteiger partial charge in [0.2, 0.25) is 0 Å². The summed E-state index contributed by atoms with van der Waals surface area (Å²) >= 11 is 0. The van der Waals surface area contributed by atoms with Crippen LogP contribution < -0.4 is 10.6 Å². The Balaban J connectivity index is 1.62. The van der Waals surface area contributed by atoms with Crippen molar-refractivity contribution < 1.29 is 9.90 Å². The Kier molecular flexibility index (Phi) is 3.93. The van der Waals surface area contributed by atoms with Crippen LogP contribution in [0.4, 0.5) is 4.79 Å². The summed E-state index contributed by atoms with van der Waals surface area (Å²) in [6, 6.07) is -0.0326. The largest absolute Gasteiger partial charge is 0.396 e. The van der Waals surface area contributed by atoms with Gasteiger partial charge < -0.3 is 15.7 Å². The van der Waals surface area contributed by atoms with Crippen molar-refractivity contribution in [2.75, 3.05) is 6.61 Å². The first-order valence-electron chi connectivity index (χ1n) is 8.67. The number of rotatable bonds is 5. The third-order valence-electron chi connectivity index (χ3n) is 6.28. The number of carbonyl (C=O) groups excluding carboxylic acids is 1. The van der Waals surface area contributed by atoms with Gasteiger partial charge in [-0.3, -0.25) is 0 Å². The van der Waals surface area contributed by atoms with Crippen molar-refractivity contribution >= 4 is 6.03 Å². The first-order valence-corrected chi connectivity index (χ1v) is 8.67. The minimum absolute atomic E-state index is 0.0326. The highest BCUT2D eigenvalue weighted by atomic mass is 16.3. The van der Waals surface area contributed by atoms with E-state index in [1.54, 1.807) is 0 Å². The highest BCUT2D eigenvalue weighted by Gasteiger charge is 2.51. The molecule has 2 amide bonds. The van der Waals surface area contributed by atoms with E-state index in [-0.39, 0.29) is 23.7 Å². The molecule has 0 aromatic rings. The molecule has 0 aliphatic heterocycles. The summed E-state index contributed by atoms with van der Waals surface area (Å²) in [5.74, 6) is 2.52. The Morgan fingerprint density at radius 1 is 1.19 bits per heavy atom. The zero-order valence-electron chi connectivity index (χ0n) is 13.5. The van der Waals surface area contributed by atoms with Gasteiger partial charge >= 0.3 is 6.03 Å². The molecule has 1 atom stereocenters. The molecule has 4 saturated carbocycles. The summed E-state index contributed by atoms with van der Waals surface area (Å²) in [6.45, 7) is 4.19. The summed E-state index contributed by atoms with van der Waals surface area (Å²) in [7, 11) is 0. The Morgan fingerprint density at radius 2 is 1.71 bits per heavy atom. The van der Waals surface area contributed by atoms with Crippen LogP contribution in [0.2, 0.25) is 0 Å². The Bertz CT molecular complexity index is 374. The fourth-order valence-corrected chi connectivity index (χ4v) is 5.38. The monoisotopic (exact) mass is 294 g/mol. The molecule has 1 unspecified atom stereocenters. The number of aliphatic hydroxyl groups is 1. The highest BCUT2D eigenvalue weighted by Crippen LogP contribution is 2.55. The molecule has 0 heterocycles. The second-order valence-electron chi connectivity index (χ2n) is 8.16. The first-order chi connectivity index (χ1) is 9.96. The number of urea groups is 1. The van der Waals surface area contributed by atoms with Crippen molar-refractivity contribution in [3.63, 3.8) is 0 Å². The van der Waals surface area contributed by atoms with Gasteiger partial charge in [-0.2, -0.15) is 0 Å². The third-order valence-corrected chi connectivity index (χ3v) is 6.28. The molecule has 4 bridgehead atoms. The molecule has 4 heteroatoms. The van der Waals surface area contributed by atoms with Crippen LogP contribution in [0.1, 0.15) is 65.2 Å². The molecule has 0 aromatic heterocycles. The number of hydrogen-bond acceptors (Lipinski definition) is 2. The predicted molar refractivity (Wildman–Crippen MR) is 83.0 cm³/mol. The van der Waals surface area contributed by atoms with E-state index in [2.05, 4.69) is 17.6 Å². The van der Waals surface area contributed by atoms with Crippen LogP contribution in [0.15, 0.2) is 0 Å². The normalized spacial score (nSPS) is 39.9. The molecule has 4 aliphatic rings. The van der Waals surface area contributed by atoms with Crippen LogP contribution in [-0.4, -0.2) is 28.8 Å². The molecule has 0 saturated heterocycles. The summed E-state index contributed by atoms with van der Waals surface area (Å²) < 4.78 is 0. The molecule has 4 rings (SSSR count). The lowest BCUT2D eigenvalue weighted by atomic mass is 9.53. The van der Waals surface area contributed by atoms with Crippen molar-refractivity contribution in [3.8, 4) is 0 Å². The average molecular weight is 294 g/mol. The van der Waals surface area contributed by atoms with E-state index < -0.39 is 0 Å². The van der Waals surface area contributed by atoms with E-state index in [4.69, 9.17) is 0 Å². The van der Waals surface area contributed by atoms with Gasteiger partial charge in [0.25, 0.3) is 0 Å². The van der Waals surface area contributed by atoms with Crippen LogP contribution in [0.5, 0.6) is 0 Å². The van der Waals surface area contributed by atoms with Gasteiger partial charge in [0.1, 0.15) is 0 Å². The number of amides is 2. The quantitative estimate of drug-likeness (QED) is 0.730. The van der Waals surface area contributed by atoms with E-state index in [1.165, 1.54) is 38.5 Å². The lowest BCUT2D eigenvalue weighted by Crippen LogP contribution is -2.63. The smallest absolute Gasteiger partial charge is 0.315 e. The predicted octanol–water partition coefficient (Wildman–Crippen LogP) is 2.81. The molecule has 120 valence electrons. The van der Waals surface area contributed by atoms with Crippen LogP contribution in [0, 0.1) is 17.8 Å². The molecule has 0 radical (unpaired) electrons. The molecule has 0 aromatic carbocycles. The summed E-state index contributed by atoms with van der Waals surface area (Å²) in [5.41, 5.74) is -0.242. The van der Waals surface area contributed by atoms with Crippen molar-refractivity contribution in [2.45, 2.75) is 76.3 Å². The molecule has 4 aliphatic carbocycles. The standard InChI is InChI=1S/C17H30N2O2/c1-3-16(2,4-5-20)18-15(21)19-17-9-12-6-13(10-17)8-14(7-12)11-17/h12-14,20H,3-11H2,1-2H3,(H2,18,19,21). The summed E-state index contributed by atoms with van der Waals surface area (Å²) in [6.07, 6.45) is 9.14. The van der Waals surface area contributed by atoms with Gasteiger partial charge in [0.15, 0.2) is 0 Å². The van der Waals surface area contributed by atoms with E-state index in [1.807, 2.05) is 6.92 Å². The van der Waals surface area contributed by atoms with Gasteiger partial charge in [-0.15, -0.1) is 0 Å². The third kappa shape index (κ3) is 3.05. The molecule has 4 nitrogen and oxygen atoms in total. The maximum atomic E-state index is 12.5. The molecular formula is C17H30N2O2. The number of aliphatic hydroxyl groups excluding tert-OH is 1. The summed E-state index contributed by atoms with van der Waals surface area (Å²) in [5, 5.41) is 15.6. The molecule has 3 N–H and O–H groups in total. The minimum atomic E-state index is -0.304. The van der Waals surface area contributed by atoms with Crippen molar-refractivity contribution in [3.05, 3.63) is 0 Å². The zero-order valence-corrected chi connectivity index (χ0v) is 13.5. The molecule has 0 spiro atoms. The van der Waals surface area contributed by atoms with Gasteiger partial charge in [-0.25, -0.2) is 4.79 Å². The minimum Gasteiger partial charge on any atom is -0.396 e. The van der Waals surface area contributed by atoms with E-state index in [9.17, 15) is 9.90 Å². The van der Waals surface area contributed by atoms with Crippen LogP contribution in [0.3, 0.4) is 0 Å². The van der Waals surface area contributed by atoms with Gasteiger partial charge in [0.05, 0.1) is 0 Å². The maximum absolute atomic E-state index is 12.5. The maximum Gasteiger partial charge on any atom is 0.315 e. The summed E-state index contributed by atoms with van der Waals surface area (Å²) in [4.78, 5) is 12.5. The Hall–Kier alpha value is -0.770. The SMILES string of the molecule is CCC(C)(CCO)NC(=O)NC12CC3CC(CC(C3)C1)C2. The van der Waals surface area contributed by atoms with E-state index in [0.717, 1.165) is 24.2 Å². The number of hydrogen-bond donors (Lipinski definition) is 3. The fourth-order valence-electron chi connectivity index (χ4n) is 5.38. The fraction of sp³-hybridized carbons (Fsp3) is 0.941.